The maximum Gasteiger partial charge on any atom is 0.252 e. The Hall–Kier alpha value is -1.91. The van der Waals surface area contributed by atoms with Crippen molar-refractivity contribution in [2.24, 2.45) is 0 Å². The SMILES string of the molecule is CCCCn1nc(C)c2c(C(=O)N[C@H](C)CC)cc(C)nc21. The Morgan fingerprint density at radius 1 is 1.36 bits per heavy atom. The fourth-order valence-corrected chi connectivity index (χ4v) is 2.53. The van der Waals surface area contributed by atoms with Crippen molar-refractivity contribution < 1.29 is 4.79 Å². The van der Waals surface area contributed by atoms with Crippen LogP contribution in [0.4, 0.5) is 0 Å². The Labute approximate surface area is 132 Å². The summed E-state index contributed by atoms with van der Waals surface area (Å²) in [4.78, 5) is 17.2. The average Bonchev–Trinajstić information content (AvgIpc) is 2.80. The lowest BCUT2D eigenvalue weighted by molar-refractivity contribution is 0.0940. The number of carbonyl (C=O) groups excluding carboxylic acids is 1. The Morgan fingerprint density at radius 3 is 2.73 bits per heavy atom. The molecule has 0 bridgehead atoms. The highest BCUT2D eigenvalue weighted by atomic mass is 16.1. The average molecular weight is 302 g/mol. The van der Waals surface area contributed by atoms with E-state index in [1.165, 1.54) is 0 Å². The van der Waals surface area contributed by atoms with E-state index in [-0.39, 0.29) is 11.9 Å². The van der Waals surface area contributed by atoms with Crippen LogP contribution in [0.15, 0.2) is 6.07 Å². The lowest BCUT2D eigenvalue weighted by Gasteiger charge is -2.12. The van der Waals surface area contributed by atoms with E-state index in [4.69, 9.17) is 0 Å². The molecule has 2 heterocycles. The van der Waals surface area contributed by atoms with Gasteiger partial charge < -0.3 is 5.32 Å². The first-order chi connectivity index (χ1) is 10.5. The molecule has 1 atom stereocenters. The highest BCUT2D eigenvalue weighted by Crippen LogP contribution is 2.22. The van der Waals surface area contributed by atoms with Crippen molar-refractivity contribution in [3.8, 4) is 0 Å². The fraction of sp³-hybridized carbons (Fsp3) is 0.588. The molecule has 5 heteroatoms. The van der Waals surface area contributed by atoms with Crippen molar-refractivity contribution >= 4 is 16.9 Å². The van der Waals surface area contributed by atoms with Crippen LogP contribution in [0.1, 0.15) is 61.8 Å². The Balaban J connectivity index is 2.50. The third-order valence-electron chi connectivity index (χ3n) is 3.96. The lowest BCUT2D eigenvalue weighted by Crippen LogP contribution is -2.32. The Kier molecular flexibility index (Phi) is 5.16. The summed E-state index contributed by atoms with van der Waals surface area (Å²) in [6.07, 6.45) is 3.07. The van der Waals surface area contributed by atoms with Crippen molar-refractivity contribution in [1.82, 2.24) is 20.1 Å². The van der Waals surface area contributed by atoms with Crippen molar-refractivity contribution in [3.05, 3.63) is 23.0 Å². The van der Waals surface area contributed by atoms with Crippen molar-refractivity contribution in [1.29, 1.82) is 0 Å². The number of nitrogens with one attached hydrogen (secondary N) is 1. The minimum absolute atomic E-state index is 0.0389. The molecule has 2 aromatic heterocycles. The van der Waals surface area contributed by atoms with Crippen LogP contribution in [-0.2, 0) is 6.54 Å². The molecule has 0 aromatic carbocycles. The number of nitrogens with zero attached hydrogens (tertiary/aromatic N) is 3. The van der Waals surface area contributed by atoms with Gasteiger partial charge in [-0.1, -0.05) is 20.3 Å². The molecule has 0 aliphatic rings. The standard InChI is InChI=1S/C17H26N4O/c1-6-8-9-21-16-15(13(5)20-21)14(10-12(4)18-16)17(22)19-11(3)7-2/h10-11H,6-9H2,1-5H3,(H,19,22)/t11-/m1/s1. The molecule has 0 radical (unpaired) electrons. The minimum atomic E-state index is -0.0389. The van der Waals surface area contributed by atoms with Crippen LogP contribution >= 0.6 is 0 Å². The Bertz CT molecular complexity index is 675. The zero-order chi connectivity index (χ0) is 16.3. The number of fused-ring (bicyclic) bond motifs is 1. The molecule has 0 saturated heterocycles. The number of rotatable bonds is 6. The first-order valence-electron chi connectivity index (χ1n) is 8.13. The van der Waals surface area contributed by atoms with Crippen LogP contribution in [0.5, 0.6) is 0 Å². The number of hydrogen-bond acceptors (Lipinski definition) is 3. The molecule has 120 valence electrons. The van der Waals surface area contributed by atoms with Crippen LogP contribution < -0.4 is 5.32 Å². The molecule has 22 heavy (non-hydrogen) atoms. The second kappa shape index (κ2) is 6.90. The second-order valence-corrected chi connectivity index (χ2v) is 5.95. The zero-order valence-electron chi connectivity index (χ0n) is 14.2. The van der Waals surface area contributed by atoms with Gasteiger partial charge >= 0.3 is 0 Å². The van der Waals surface area contributed by atoms with Gasteiger partial charge in [0.2, 0.25) is 0 Å². The highest BCUT2D eigenvalue weighted by Gasteiger charge is 2.19. The fourth-order valence-electron chi connectivity index (χ4n) is 2.53. The van der Waals surface area contributed by atoms with Gasteiger partial charge in [0.1, 0.15) is 0 Å². The van der Waals surface area contributed by atoms with E-state index in [1.807, 2.05) is 31.5 Å². The van der Waals surface area contributed by atoms with Gasteiger partial charge in [0.05, 0.1) is 16.6 Å². The molecule has 1 amide bonds. The Morgan fingerprint density at radius 2 is 2.09 bits per heavy atom. The number of aryl methyl sites for hydroxylation is 3. The van der Waals surface area contributed by atoms with E-state index < -0.39 is 0 Å². The predicted molar refractivity (Wildman–Crippen MR) is 89.1 cm³/mol. The van der Waals surface area contributed by atoms with Crippen LogP contribution in [0.3, 0.4) is 0 Å². The molecule has 0 saturated carbocycles. The first-order valence-corrected chi connectivity index (χ1v) is 8.13. The van der Waals surface area contributed by atoms with Gasteiger partial charge in [-0.25, -0.2) is 9.67 Å². The molecular formula is C17H26N4O. The molecule has 0 aliphatic carbocycles. The summed E-state index contributed by atoms with van der Waals surface area (Å²) in [7, 11) is 0. The van der Waals surface area contributed by atoms with Crippen LogP contribution in [-0.4, -0.2) is 26.7 Å². The summed E-state index contributed by atoms with van der Waals surface area (Å²) in [6, 6.07) is 2.02. The maximum atomic E-state index is 12.6. The number of pyridine rings is 1. The van der Waals surface area contributed by atoms with E-state index in [9.17, 15) is 4.79 Å². The summed E-state index contributed by atoms with van der Waals surface area (Å²) in [5, 5.41) is 8.50. The third-order valence-corrected chi connectivity index (χ3v) is 3.96. The summed E-state index contributed by atoms with van der Waals surface area (Å²) < 4.78 is 1.93. The molecule has 0 fully saturated rings. The molecular weight excluding hydrogens is 276 g/mol. The molecule has 0 unspecified atom stereocenters. The van der Waals surface area contributed by atoms with Crippen molar-refractivity contribution in [3.63, 3.8) is 0 Å². The molecule has 1 N–H and O–H groups in total. The quantitative estimate of drug-likeness (QED) is 0.890. The smallest absolute Gasteiger partial charge is 0.252 e. The van der Waals surface area contributed by atoms with Gasteiger partial charge in [-0.15, -0.1) is 0 Å². The molecule has 5 nitrogen and oxygen atoms in total. The van der Waals surface area contributed by atoms with E-state index in [2.05, 4.69) is 29.2 Å². The first kappa shape index (κ1) is 16.5. The van der Waals surface area contributed by atoms with Crippen molar-refractivity contribution in [2.45, 2.75) is 66.5 Å². The normalized spacial score (nSPS) is 12.6. The summed E-state index contributed by atoms with van der Waals surface area (Å²) in [5.74, 6) is -0.0389. The van der Waals surface area contributed by atoms with Gasteiger partial charge in [-0.3, -0.25) is 4.79 Å². The van der Waals surface area contributed by atoms with Gasteiger partial charge in [-0.05, 0) is 39.7 Å². The molecule has 0 aliphatic heterocycles. The number of aromatic nitrogens is 3. The molecule has 2 aromatic rings. The molecule has 2 rings (SSSR count). The van der Waals surface area contributed by atoms with E-state index in [0.717, 1.165) is 48.2 Å². The van der Waals surface area contributed by atoms with Gasteiger partial charge in [-0.2, -0.15) is 5.10 Å². The predicted octanol–water partition coefficient (Wildman–Crippen LogP) is 3.38. The van der Waals surface area contributed by atoms with E-state index in [0.29, 0.717) is 5.56 Å². The number of carbonyl (C=O) groups is 1. The second-order valence-electron chi connectivity index (χ2n) is 5.95. The largest absolute Gasteiger partial charge is 0.350 e. The topological polar surface area (TPSA) is 59.8 Å². The summed E-state index contributed by atoms with van der Waals surface area (Å²) in [6.45, 7) is 10.9. The maximum absolute atomic E-state index is 12.6. The van der Waals surface area contributed by atoms with Gasteiger partial charge in [0.15, 0.2) is 5.65 Å². The number of hydrogen-bond donors (Lipinski definition) is 1. The minimum Gasteiger partial charge on any atom is -0.350 e. The number of amides is 1. The third kappa shape index (κ3) is 3.29. The zero-order valence-corrected chi connectivity index (χ0v) is 14.2. The van der Waals surface area contributed by atoms with Crippen LogP contribution in [0.25, 0.3) is 11.0 Å². The van der Waals surface area contributed by atoms with Gasteiger partial charge in [0, 0.05) is 18.3 Å². The van der Waals surface area contributed by atoms with Crippen LogP contribution in [0, 0.1) is 13.8 Å². The van der Waals surface area contributed by atoms with E-state index >= 15 is 0 Å². The monoisotopic (exact) mass is 302 g/mol. The van der Waals surface area contributed by atoms with Gasteiger partial charge in [0.25, 0.3) is 5.91 Å². The number of unbranched alkanes of at least 4 members (excludes halogenated alkanes) is 1. The van der Waals surface area contributed by atoms with Crippen LogP contribution in [0.2, 0.25) is 0 Å². The molecule has 0 spiro atoms. The van der Waals surface area contributed by atoms with E-state index in [1.54, 1.807) is 0 Å². The summed E-state index contributed by atoms with van der Waals surface area (Å²) >= 11 is 0. The highest BCUT2D eigenvalue weighted by molar-refractivity contribution is 6.06. The van der Waals surface area contributed by atoms with Crippen molar-refractivity contribution in [2.75, 3.05) is 0 Å². The lowest BCUT2D eigenvalue weighted by atomic mass is 10.1. The summed E-state index contributed by atoms with van der Waals surface area (Å²) in [5.41, 5.74) is 3.22.